The third-order valence-electron chi connectivity index (χ3n) is 5.23. The highest BCUT2D eigenvalue weighted by Gasteiger charge is 2.21. The maximum absolute atomic E-state index is 11.4. The maximum atomic E-state index is 11.4. The number of piperidine rings is 1. The molecule has 1 aliphatic rings. The first-order chi connectivity index (χ1) is 14.8. The van der Waals surface area contributed by atoms with Gasteiger partial charge in [0.15, 0.2) is 0 Å². The van der Waals surface area contributed by atoms with Crippen LogP contribution in [0.2, 0.25) is 10.0 Å². The number of nitrogens with zero attached hydrogens (tertiary/aromatic N) is 1. The Morgan fingerprint density at radius 2 is 1.94 bits per heavy atom. The lowest BCUT2D eigenvalue weighted by Gasteiger charge is -2.34. The summed E-state index contributed by atoms with van der Waals surface area (Å²) in [6.45, 7) is 5.89. The molecule has 6 nitrogen and oxygen atoms in total. The molecule has 0 spiro atoms. The van der Waals surface area contributed by atoms with E-state index in [1.807, 2.05) is 37.3 Å². The Labute approximate surface area is 193 Å². The smallest absolute Gasteiger partial charge is 0.221 e. The van der Waals surface area contributed by atoms with Gasteiger partial charge in [-0.15, -0.1) is 0 Å². The number of amides is 1. The summed E-state index contributed by atoms with van der Waals surface area (Å²) in [7, 11) is 0. The van der Waals surface area contributed by atoms with Crippen molar-refractivity contribution in [2.45, 2.75) is 38.8 Å². The van der Waals surface area contributed by atoms with Crippen LogP contribution in [0.25, 0.3) is 0 Å². The molecule has 1 unspecified atom stereocenters. The van der Waals surface area contributed by atoms with Gasteiger partial charge in [-0.05, 0) is 55.7 Å². The van der Waals surface area contributed by atoms with Gasteiger partial charge in [0.25, 0.3) is 0 Å². The molecule has 2 aromatic rings. The summed E-state index contributed by atoms with van der Waals surface area (Å²) >= 11 is 12.1. The number of rotatable bonds is 8. The highest BCUT2D eigenvalue weighted by Crippen LogP contribution is 2.27. The summed E-state index contributed by atoms with van der Waals surface area (Å²) in [4.78, 5) is 13.6. The summed E-state index contributed by atoms with van der Waals surface area (Å²) in [5, 5.41) is 17.8. The van der Waals surface area contributed by atoms with E-state index in [9.17, 15) is 9.90 Å². The number of ether oxygens (including phenoxy) is 1. The number of aliphatic hydroxyl groups is 1. The standard InChI is InChI=1S/C23H29Cl2N3O3/c1-15-3-6-22(26-16(2)29)23(11-15)31-14-19(30)13-28-9-7-17(8-10-28)27-18-4-5-20(24)21(25)12-18/h3-6,11-12,17,19,27,30H,7-10,13-14H2,1-2H3,(H,26,29). The van der Waals surface area contributed by atoms with Gasteiger partial charge in [-0.2, -0.15) is 0 Å². The minimum absolute atomic E-state index is 0.161. The molecule has 31 heavy (non-hydrogen) atoms. The van der Waals surface area contributed by atoms with Gasteiger partial charge in [0.1, 0.15) is 18.5 Å². The van der Waals surface area contributed by atoms with E-state index in [0.29, 0.717) is 34.1 Å². The Bertz CT molecular complexity index is 902. The van der Waals surface area contributed by atoms with Crippen molar-refractivity contribution in [3.8, 4) is 5.75 Å². The molecule has 2 aromatic carbocycles. The number of hydrogen-bond donors (Lipinski definition) is 3. The van der Waals surface area contributed by atoms with Crippen molar-refractivity contribution in [2.75, 3.05) is 36.9 Å². The summed E-state index contributed by atoms with van der Waals surface area (Å²) in [5.74, 6) is 0.408. The summed E-state index contributed by atoms with van der Waals surface area (Å²) < 4.78 is 5.82. The number of nitrogens with one attached hydrogen (secondary N) is 2. The number of aliphatic hydroxyl groups excluding tert-OH is 1. The first kappa shape index (κ1) is 23.7. The Morgan fingerprint density at radius 1 is 1.19 bits per heavy atom. The van der Waals surface area contributed by atoms with Crippen molar-refractivity contribution in [3.63, 3.8) is 0 Å². The second-order valence-corrected chi connectivity index (χ2v) is 8.81. The molecule has 1 fully saturated rings. The largest absolute Gasteiger partial charge is 0.489 e. The first-order valence-corrected chi connectivity index (χ1v) is 11.2. The quantitative estimate of drug-likeness (QED) is 0.531. The molecule has 0 bridgehead atoms. The molecule has 1 heterocycles. The van der Waals surface area contributed by atoms with Crippen LogP contribution in [-0.4, -0.2) is 54.3 Å². The number of aryl methyl sites for hydroxylation is 1. The lowest BCUT2D eigenvalue weighted by Crippen LogP contribution is -2.43. The van der Waals surface area contributed by atoms with Crippen LogP contribution in [-0.2, 0) is 4.79 Å². The molecule has 0 saturated carbocycles. The van der Waals surface area contributed by atoms with E-state index < -0.39 is 6.10 Å². The van der Waals surface area contributed by atoms with Crippen LogP contribution in [0.3, 0.4) is 0 Å². The maximum Gasteiger partial charge on any atom is 0.221 e. The van der Waals surface area contributed by atoms with Crippen LogP contribution < -0.4 is 15.4 Å². The molecular weight excluding hydrogens is 437 g/mol. The van der Waals surface area contributed by atoms with Crippen LogP contribution in [0, 0.1) is 6.92 Å². The molecule has 1 amide bonds. The van der Waals surface area contributed by atoms with E-state index in [4.69, 9.17) is 27.9 Å². The van der Waals surface area contributed by atoms with E-state index in [-0.39, 0.29) is 12.5 Å². The Kier molecular flexibility index (Phi) is 8.43. The molecule has 3 rings (SSSR count). The zero-order chi connectivity index (χ0) is 22.4. The molecular formula is C23H29Cl2N3O3. The first-order valence-electron chi connectivity index (χ1n) is 10.4. The SMILES string of the molecule is CC(=O)Nc1ccc(C)cc1OCC(O)CN1CCC(Nc2ccc(Cl)c(Cl)c2)CC1. The van der Waals surface area contributed by atoms with Crippen molar-refractivity contribution < 1.29 is 14.6 Å². The van der Waals surface area contributed by atoms with E-state index >= 15 is 0 Å². The minimum atomic E-state index is -0.620. The second kappa shape index (κ2) is 11.0. The number of carbonyl (C=O) groups excluding carboxylic acids is 1. The summed E-state index contributed by atoms with van der Waals surface area (Å²) in [6, 6.07) is 11.5. The number of hydrogen-bond acceptors (Lipinski definition) is 5. The van der Waals surface area contributed by atoms with Gasteiger partial charge in [0.05, 0.1) is 15.7 Å². The van der Waals surface area contributed by atoms with Crippen molar-refractivity contribution in [3.05, 3.63) is 52.0 Å². The summed E-state index contributed by atoms with van der Waals surface area (Å²) in [6.07, 6.45) is 1.32. The van der Waals surface area contributed by atoms with Gasteiger partial charge in [-0.3, -0.25) is 4.79 Å². The van der Waals surface area contributed by atoms with E-state index in [2.05, 4.69) is 15.5 Å². The molecule has 1 atom stereocenters. The minimum Gasteiger partial charge on any atom is -0.489 e. The molecule has 0 aromatic heterocycles. The topological polar surface area (TPSA) is 73.8 Å². The Morgan fingerprint density at radius 3 is 2.61 bits per heavy atom. The number of carbonyl (C=O) groups is 1. The summed E-state index contributed by atoms with van der Waals surface area (Å²) in [5.41, 5.74) is 2.60. The van der Waals surface area contributed by atoms with E-state index in [1.54, 1.807) is 6.07 Å². The molecule has 3 N–H and O–H groups in total. The third-order valence-corrected chi connectivity index (χ3v) is 5.96. The van der Waals surface area contributed by atoms with E-state index in [1.165, 1.54) is 6.92 Å². The molecule has 1 saturated heterocycles. The molecule has 1 aliphatic heterocycles. The third kappa shape index (κ3) is 7.28. The molecule has 0 aliphatic carbocycles. The van der Waals surface area contributed by atoms with Crippen LogP contribution in [0.15, 0.2) is 36.4 Å². The monoisotopic (exact) mass is 465 g/mol. The average Bonchev–Trinajstić information content (AvgIpc) is 2.72. The lowest BCUT2D eigenvalue weighted by molar-refractivity contribution is -0.114. The Balaban J connectivity index is 1.44. The van der Waals surface area contributed by atoms with Crippen molar-refractivity contribution in [2.24, 2.45) is 0 Å². The van der Waals surface area contributed by atoms with Crippen molar-refractivity contribution in [1.82, 2.24) is 4.90 Å². The fourth-order valence-electron chi connectivity index (χ4n) is 3.66. The number of benzene rings is 2. The number of anilines is 2. The van der Waals surface area contributed by atoms with Gasteiger partial charge >= 0.3 is 0 Å². The number of halogens is 2. The van der Waals surface area contributed by atoms with Crippen LogP contribution in [0.5, 0.6) is 5.75 Å². The van der Waals surface area contributed by atoms with Crippen molar-refractivity contribution >= 4 is 40.5 Å². The molecule has 168 valence electrons. The second-order valence-electron chi connectivity index (χ2n) is 7.99. The van der Waals surface area contributed by atoms with E-state index in [0.717, 1.165) is 37.2 Å². The van der Waals surface area contributed by atoms with Gasteiger partial charge in [0.2, 0.25) is 5.91 Å². The predicted octanol–water partition coefficient (Wildman–Crippen LogP) is 4.58. The van der Waals surface area contributed by atoms with Gasteiger partial charge < -0.3 is 25.4 Å². The molecule has 8 heteroatoms. The van der Waals surface area contributed by atoms with Crippen LogP contribution >= 0.6 is 23.2 Å². The normalized spacial score (nSPS) is 16.0. The van der Waals surface area contributed by atoms with Crippen LogP contribution in [0.1, 0.15) is 25.3 Å². The highest BCUT2D eigenvalue weighted by molar-refractivity contribution is 6.42. The molecule has 0 radical (unpaired) electrons. The lowest BCUT2D eigenvalue weighted by atomic mass is 10.0. The zero-order valence-corrected chi connectivity index (χ0v) is 19.3. The zero-order valence-electron chi connectivity index (χ0n) is 17.8. The fourth-order valence-corrected chi connectivity index (χ4v) is 3.96. The van der Waals surface area contributed by atoms with Gasteiger partial charge in [0, 0.05) is 38.3 Å². The number of β-amino-alcohol motifs (C(OH)–C–C–N with tert-alkyl or cyclic N) is 1. The number of likely N-dealkylation sites (tertiary alicyclic amines) is 1. The van der Waals surface area contributed by atoms with Crippen LogP contribution in [0.4, 0.5) is 11.4 Å². The highest BCUT2D eigenvalue weighted by atomic mass is 35.5. The fraction of sp³-hybridized carbons (Fsp3) is 0.435. The van der Waals surface area contributed by atoms with Crippen molar-refractivity contribution in [1.29, 1.82) is 0 Å². The van der Waals surface area contributed by atoms with Gasteiger partial charge in [-0.25, -0.2) is 0 Å². The van der Waals surface area contributed by atoms with Gasteiger partial charge in [-0.1, -0.05) is 29.3 Å². The average molecular weight is 466 g/mol. The Hall–Kier alpha value is -1.99. The predicted molar refractivity (Wildman–Crippen MR) is 127 cm³/mol.